The summed E-state index contributed by atoms with van der Waals surface area (Å²) in [7, 11) is 1.91. The number of nitrogens with zero attached hydrogens (tertiary/aromatic N) is 2. The van der Waals surface area contributed by atoms with Crippen LogP contribution < -0.4 is 0 Å². The molecule has 1 aromatic heterocycles. The summed E-state index contributed by atoms with van der Waals surface area (Å²) in [6.07, 6.45) is 1.65. The van der Waals surface area contributed by atoms with Gasteiger partial charge in [0.2, 0.25) is 5.91 Å². The van der Waals surface area contributed by atoms with Gasteiger partial charge in [0.15, 0.2) is 5.76 Å². The van der Waals surface area contributed by atoms with Gasteiger partial charge >= 0.3 is 6.16 Å². The molecule has 2 aliphatic carbocycles. The summed E-state index contributed by atoms with van der Waals surface area (Å²) >= 11 is 0. The van der Waals surface area contributed by atoms with Gasteiger partial charge < -0.3 is 19.6 Å². The molecule has 6 rings (SSSR count). The maximum Gasteiger partial charge on any atom is 0.503 e. The normalized spacial score (nSPS) is 18.3. The Morgan fingerprint density at radius 2 is 1.45 bits per heavy atom. The highest BCUT2D eigenvalue weighted by atomic mass is 16.6. The number of carboxylic acid groups (broad SMARTS) is 2. The molecule has 3 aromatic carbocycles. The molecule has 206 valence electrons. The average molecular weight is 539 g/mol. The van der Waals surface area contributed by atoms with Crippen LogP contribution in [-0.4, -0.2) is 39.4 Å². The topological polar surface area (TPSA) is 104 Å². The molecule has 2 N–H and O–H groups in total. The predicted octanol–water partition coefficient (Wildman–Crippen LogP) is 7.74. The molecule has 0 spiro atoms. The highest BCUT2D eigenvalue weighted by Gasteiger charge is 2.48. The molecule has 1 heterocycles. The monoisotopic (exact) mass is 538 g/mol. The predicted molar refractivity (Wildman–Crippen MR) is 153 cm³/mol. The van der Waals surface area contributed by atoms with Crippen molar-refractivity contribution in [2.45, 2.75) is 51.0 Å². The van der Waals surface area contributed by atoms with Gasteiger partial charge in [-0.2, -0.15) is 0 Å². The van der Waals surface area contributed by atoms with Gasteiger partial charge in [-0.15, -0.1) is 0 Å². The molecule has 0 aliphatic heterocycles. The lowest BCUT2D eigenvalue weighted by Crippen LogP contribution is -2.31. The van der Waals surface area contributed by atoms with Crippen LogP contribution >= 0.6 is 0 Å². The Morgan fingerprint density at radius 1 is 0.900 bits per heavy atom. The summed E-state index contributed by atoms with van der Waals surface area (Å²) in [6, 6.07) is 27.7. The zero-order valence-electron chi connectivity index (χ0n) is 22.9. The number of hydrogen-bond acceptors (Lipinski definition) is 4. The van der Waals surface area contributed by atoms with E-state index in [0.29, 0.717) is 0 Å². The van der Waals surface area contributed by atoms with Crippen LogP contribution in [0.5, 0.6) is 0 Å². The molecule has 2 fully saturated rings. The minimum Gasteiger partial charge on any atom is -0.450 e. The van der Waals surface area contributed by atoms with Crippen molar-refractivity contribution in [3.63, 3.8) is 0 Å². The molecule has 2 saturated carbocycles. The number of rotatable bonds is 7. The van der Waals surface area contributed by atoms with E-state index < -0.39 is 6.16 Å². The van der Waals surface area contributed by atoms with E-state index in [0.717, 1.165) is 40.5 Å². The lowest BCUT2D eigenvalue weighted by atomic mass is 9.98. The maximum atomic E-state index is 13.3. The van der Waals surface area contributed by atoms with Crippen LogP contribution in [-0.2, 0) is 4.79 Å². The van der Waals surface area contributed by atoms with Crippen LogP contribution in [0.2, 0.25) is 0 Å². The average Bonchev–Trinajstić information content (AvgIpc) is 3.90. The lowest BCUT2D eigenvalue weighted by Gasteiger charge is -2.25. The van der Waals surface area contributed by atoms with Gasteiger partial charge in [-0.25, -0.2) is 4.79 Å². The first kappa shape index (κ1) is 27.2. The Bertz CT molecular complexity index is 1470. The number of aromatic nitrogens is 1. The molecule has 0 bridgehead atoms. The zero-order chi connectivity index (χ0) is 28.4. The number of amides is 1. The quantitative estimate of drug-likeness (QED) is 0.249. The van der Waals surface area contributed by atoms with Crippen molar-refractivity contribution in [3.05, 3.63) is 101 Å². The van der Waals surface area contributed by atoms with Gasteiger partial charge in [0.05, 0.1) is 11.7 Å². The SMILES string of the molecule is Cc1noc(-c2ccc(-c3ccc(C4CC4)cc3)cc2)c1C1CC1C(=O)N(C)[C@H](C)c1ccccc1.O=C(O)O. The highest BCUT2D eigenvalue weighted by Crippen LogP contribution is 2.53. The summed E-state index contributed by atoms with van der Waals surface area (Å²) in [5.74, 6) is 1.88. The van der Waals surface area contributed by atoms with Crippen molar-refractivity contribution in [1.29, 1.82) is 0 Å². The second kappa shape index (κ2) is 11.4. The van der Waals surface area contributed by atoms with Gasteiger partial charge in [-0.05, 0) is 61.3 Å². The molecule has 40 heavy (non-hydrogen) atoms. The Morgan fingerprint density at radius 3 is 2.02 bits per heavy atom. The van der Waals surface area contributed by atoms with Crippen molar-refractivity contribution in [2.75, 3.05) is 7.05 Å². The van der Waals surface area contributed by atoms with Crippen molar-refractivity contribution >= 4 is 12.1 Å². The Balaban J connectivity index is 0.000000758. The molecule has 2 unspecified atom stereocenters. The third-order valence-corrected chi connectivity index (χ3v) is 8.04. The second-order valence-corrected chi connectivity index (χ2v) is 10.8. The first-order chi connectivity index (χ1) is 19.2. The number of carbonyl (C=O) groups excluding carboxylic acids is 1. The Kier molecular flexibility index (Phi) is 7.74. The molecular formula is C33H34N2O5. The molecule has 2 aliphatic rings. The van der Waals surface area contributed by atoms with E-state index in [9.17, 15) is 4.79 Å². The van der Waals surface area contributed by atoms with Gasteiger partial charge in [-0.1, -0.05) is 84.0 Å². The van der Waals surface area contributed by atoms with E-state index in [-0.39, 0.29) is 23.8 Å². The van der Waals surface area contributed by atoms with E-state index in [1.54, 1.807) is 0 Å². The van der Waals surface area contributed by atoms with E-state index in [2.05, 4.69) is 72.7 Å². The number of carbonyl (C=O) groups is 2. The number of hydrogen-bond donors (Lipinski definition) is 2. The maximum absolute atomic E-state index is 13.3. The summed E-state index contributed by atoms with van der Waals surface area (Å²) in [5.41, 5.74) is 7.98. The molecule has 4 aromatic rings. The highest BCUT2D eigenvalue weighted by molar-refractivity contribution is 5.84. The van der Waals surface area contributed by atoms with Gasteiger partial charge in [0.25, 0.3) is 0 Å². The summed E-state index contributed by atoms with van der Waals surface area (Å²) in [5, 5.41) is 18.2. The first-order valence-corrected chi connectivity index (χ1v) is 13.6. The molecular weight excluding hydrogens is 504 g/mol. The molecule has 7 heteroatoms. The van der Waals surface area contributed by atoms with E-state index in [1.165, 1.54) is 29.5 Å². The standard InChI is InChI=1S/C32H32N2O2.CH2O3/c1-20-30(28-19-29(28)32(35)34(3)21(2)22-7-5-4-6-8-22)31(36-33-20)27-17-15-26(16-18-27)25-13-11-24(12-14-25)23-9-10-23;2-1(3)4/h4-8,11-18,21,23,28-29H,9-10,19H2,1-3H3;(H2,2,3,4)/t21-,28?,29?;/m1./s1. The van der Waals surface area contributed by atoms with Gasteiger partial charge in [0, 0.05) is 30.0 Å². The third-order valence-electron chi connectivity index (χ3n) is 8.04. The van der Waals surface area contributed by atoms with Crippen molar-refractivity contribution in [2.24, 2.45) is 5.92 Å². The largest absolute Gasteiger partial charge is 0.503 e. The molecule has 0 saturated heterocycles. The summed E-state index contributed by atoms with van der Waals surface area (Å²) < 4.78 is 5.81. The fourth-order valence-corrected chi connectivity index (χ4v) is 5.39. The smallest absolute Gasteiger partial charge is 0.450 e. The molecule has 7 nitrogen and oxygen atoms in total. The fraction of sp³-hybridized carbons (Fsp3) is 0.303. The second-order valence-electron chi connectivity index (χ2n) is 10.8. The van der Waals surface area contributed by atoms with Crippen molar-refractivity contribution < 1.29 is 24.3 Å². The number of benzene rings is 3. The van der Waals surface area contributed by atoms with Gasteiger partial charge in [0.1, 0.15) is 0 Å². The van der Waals surface area contributed by atoms with Crippen molar-refractivity contribution in [1.82, 2.24) is 10.1 Å². The van der Waals surface area contributed by atoms with Gasteiger partial charge in [-0.3, -0.25) is 4.79 Å². The number of aryl methyl sites for hydroxylation is 1. The lowest BCUT2D eigenvalue weighted by molar-refractivity contribution is -0.133. The minimum atomic E-state index is -1.83. The molecule has 0 radical (unpaired) electrons. The third kappa shape index (κ3) is 5.93. The van der Waals surface area contributed by atoms with E-state index >= 15 is 0 Å². The molecule has 1 amide bonds. The molecule has 3 atom stereocenters. The first-order valence-electron chi connectivity index (χ1n) is 13.6. The Labute approximate surface area is 234 Å². The minimum absolute atomic E-state index is 0.0257. The van der Waals surface area contributed by atoms with Crippen LogP contribution in [0.25, 0.3) is 22.5 Å². The van der Waals surface area contributed by atoms with Crippen molar-refractivity contribution in [3.8, 4) is 22.5 Å². The Hall–Kier alpha value is -4.39. The van der Waals surface area contributed by atoms with Crippen LogP contribution in [0.4, 0.5) is 4.79 Å². The van der Waals surface area contributed by atoms with Crippen LogP contribution in [0.3, 0.4) is 0 Å². The van der Waals surface area contributed by atoms with Crippen LogP contribution in [0.15, 0.2) is 83.4 Å². The van der Waals surface area contributed by atoms with E-state index in [1.807, 2.05) is 37.1 Å². The summed E-state index contributed by atoms with van der Waals surface area (Å²) in [6.45, 7) is 4.07. The van der Waals surface area contributed by atoms with Crippen LogP contribution in [0.1, 0.15) is 66.4 Å². The fourth-order valence-electron chi connectivity index (χ4n) is 5.39. The summed E-state index contributed by atoms with van der Waals surface area (Å²) in [4.78, 5) is 23.8. The van der Waals surface area contributed by atoms with Crippen LogP contribution in [0, 0.1) is 12.8 Å². The van der Waals surface area contributed by atoms with E-state index in [4.69, 9.17) is 19.5 Å². The zero-order valence-corrected chi connectivity index (χ0v) is 22.9.